The van der Waals surface area contributed by atoms with E-state index in [1.165, 1.54) is 27.9 Å². The number of methoxy groups -OCH3 is 1. The van der Waals surface area contributed by atoms with Gasteiger partial charge in [-0.3, -0.25) is 0 Å². The Bertz CT molecular complexity index is 1510. The number of nitrogens with zero attached hydrogens (tertiary/aromatic N) is 3. The van der Waals surface area contributed by atoms with Crippen molar-refractivity contribution in [1.29, 1.82) is 0 Å². The summed E-state index contributed by atoms with van der Waals surface area (Å²) in [7, 11) is 1.43. The molecular weight excluding hydrogens is 528 g/mol. The second-order valence-electron chi connectivity index (χ2n) is 10.3. The average molecular weight is 564 g/mol. The van der Waals surface area contributed by atoms with Crippen molar-refractivity contribution >= 4 is 45.1 Å². The minimum Gasteiger partial charge on any atom is -0.497 e. The Balaban J connectivity index is 0.00000308. The molecule has 0 aliphatic carbocycles. The molecule has 6 nitrogen and oxygen atoms in total. The van der Waals surface area contributed by atoms with Gasteiger partial charge in [0.05, 0.1) is 23.5 Å². The van der Waals surface area contributed by atoms with E-state index in [-0.39, 0.29) is 28.4 Å². The summed E-state index contributed by atoms with van der Waals surface area (Å²) in [6.45, 7) is 8.57. The monoisotopic (exact) mass is 563 g/mol. The third-order valence-electron chi connectivity index (χ3n) is 8.02. The highest BCUT2D eigenvalue weighted by Crippen LogP contribution is 2.36. The summed E-state index contributed by atoms with van der Waals surface area (Å²) < 4.78 is 7.87. The van der Waals surface area contributed by atoms with Crippen LogP contribution in [-0.2, 0) is 30.4 Å². The molecular formula is C31H36ClN4O2S+. The van der Waals surface area contributed by atoms with E-state index in [4.69, 9.17) is 9.72 Å². The molecule has 0 bridgehead atoms. The highest BCUT2D eigenvalue weighted by atomic mass is 35.5. The summed E-state index contributed by atoms with van der Waals surface area (Å²) in [4.78, 5) is 21.3. The van der Waals surface area contributed by atoms with Gasteiger partial charge in [0.1, 0.15) is 17.3 Å². The largest absolute Gasteiger partial charge is 0.497 e. The Morgan fingerprint density at radius 2 is 1.82 bits per heavy atom. The Morgan fingerprint density at radius 1 is 1.05 bits per heavy atom. The number of hydrogen-bond acceptors (Lipinski definition) is 5. The SMILES string of the molecule is COc1cccc(Cn2c(C)c(C)c3cc(C(=O)[S+]4CCNCC4)nc(N4CCc5ccccc5C4)c32)c1.Cl. The fraction of sp³-hybridized carbons (Fsp3) is 0.355. The Morgan fingerprint density at radius 3 is 2.59 bits per heavy atom. The van der Waals surface area contributed by atoms with Gasteiger partial charge in [0.25, 0.3) is 0 Å². The zero-order chi connectivity index (χ0) is 26.2. The highest BCUT2D eigenvalue weighted by Gasteiger charge is 2.35. The summed E-state index contributed by atoms with van der Waals surface area (Å²) in [5.41, 5.74) is 8.08. The van der Waals surface area contributed by atoms with Crippen molar-refractivity contribution in [3.05, 3.63) is 88.2 Å². The minimum atomic E-state index is -0.276. The summed E-state index contributed by atoms with van der Waals surface area (Å²) in [5.74, 6) is 3.59. The van der Waals surface area contributed by atoms with Gasteiger partial charge in [-0.15, -0.1) is 12.4 Å². The second-order valence-corrected chi connectivity index (χ2v) is 12.4. The van der Waals surface area contributed by atoms with Crippen molar-refractivity contribution in [2.24, 2.45) is 0 Å². The van der Waals surface area contributed by atoms with E-state index in [1.54, 1.807) is 7.11 Å². The third kappa shape index (κ3) is 5.28. The standard InChI is InChI=1S/C31H35N4O2S.ClH/c1-21-22(2)35(19-23-7-6-10-26(17-23)37-3)29-27(21)18-28(31(36)38-15-12-32-13-16-38)33-30(29)34-14-11-24-8-4-5-9-25(24)20-34;/h4-10,17-18,32H,11-16,19-20H2,1-3H3;1H/q+1;. The van der Waals surface area contributed by atoms with Crippen molar-refractivity contribution in [2.75, 3.05) is 43.1 Å². The van der Waals surface area contributed by atoms with Gasteiger partial charge < -0.3 is 19.5 Å². The molecule has 2 aliphatic heterocycles. The molecule has 0 unspecified atom stereocenters. The minimum absolute atomic E-state index is 0. The van der Waals surface area contributed by atoms with Crippen LogP contribution in [0.2, 0.25) is 0 Å². The average Bonchev–Trinajstić information content (AvgIpc) is 3.21. The number of carbonyl (C=O) groups is 1. The Hall–Kier alpha value is -3.00. The number of nitrogens with one attached hydrogen (secondary N) is 1. The van der Waals surface area contributed by atoms with E-state index in [9.17, 15) is 4.79 Å². The van der Waals surface area contributed by atoms with Crippen molar-refractivity contribution < 1.29 is 9.53 Å². The maximum Gasteiger partial charge on any atom is 0.380 e. The topological polar surface area (TPSA) is 59.4 Å². The van der Waals surface area contributed by atoms with E-state index in [0.29, 0.717) is 5.69 Å². The first-order valence-electron chi connectivity index (χ1n) is 13.4. The Labute approximate surface area is 239 Å². The molecule has 2 aromatic carbocycles. The molecule has 8 heteroatoms. The van der Waals surface area contributed by atoms with Crippen molar-refractivity contribution in [1.82, 2.24) is 14.9 Å². The highest BCUT2D eigenvalue weighted by molar-refractivity contribution is 8.11. The molecule has 1 fully saturated rings. The predicted octanol–water partition coefficient (Wildman–Crippen LogP) is 5.06. The molecule has 0 amide bonds. The smallest absolute Gasteiger partial charge is 0.380 e. The van der Waals surface area contributed by atoms with Crippen LogP contribution in [0.5, 0.6) is 5.75 Å². The van der Waals surface area contributed by atoms with Crippen LogP contribution >= 0.6 is 12.4 Å². The molecule has 1 saturated heterocycles. The zero-order valence-corrected chi connectivity index (χ0v) is 24.5. The summed E-state index contributed by atoms with van der Waals surface area (Å²) in [6.07, 6.45) is 0.974. The molecule has 4 aromatic rings. The lowest BCUT2D eigenvalue weighted by Gasteiger charge is -2.31. The summed E-state index contributed by atoms with van der Waals surface area (Å²) in [5, 5.41) is 4.74. The number of rotatable bonds is 5. The van der Waals surface area contributed by atoms with E-state index >= 15 is 0 Å². The van der Waals surface area contributed by atoms with Gasteiger partial charge in [-0.1, -0.05) is 36.4 Å². The first-order chi connectivity index (χ1) is 18.5. The lowest BCUT2D eigenvalue weighted by molar-refractivity contribution is 0.108. The van der Waals surface area contributed by atoms with Gasteiger partial charge >= 0.3 is 5.12 Å². The second kappa shape index (κ2) is 11.6. The lowest BCUT2D eigenvalue weighted by Crippen LogP contribution is -2.40. The van der Waals surface area contributed by atoms with E-state index in [2.05, 4.69) is 71.1 Å². The first-order valence-corrected chi connectivity index (χ1v) is 15.0. The van der Waals surface area contributed by atoms with E-state index in [1.807, 2.05) is 12.1 Å². The number of halogens is 1. The predicted molar refractivity (Wildman–Crippen MR) is 164 cm³/mol. The molecule has 0 atom stereocenters. The number of fused-ring (bicyclic) bond motifs is 2. The van der Waals surface area contributed by atoms with Crippen molar-refractivity contribution in [2.45, 2.75) is 33.4 Å². The molecule has 0 saturated carbocycles. The molecule has 0 radical (unpaired) electrons. The van der Waals surface area contributed by atoms with E-state index in [0.717, 1.165) is 73.1 Å². The first kappa shape index (κ1) is 27.6. The van der Waals surface area contributed by atoms with Gasteiger partial charge in [0.2, 0.25) is 0 Å². The maximum absolute atomic E-state index is 13.7. The number of pyridine rings is 1. The van der Waals surface area contributed by atoms with Crippen molar-refractivity contribution in [3.8, 4) is 5.75 Å². The molecule has 2 aromatic heterocycles. The third-order valence-corrected chi connectivity index (χ3v) is 10.2. The van der Waals surface area contributed by atoms with Crippen LogP contribution in [0.1, 0.15) is 38.4 Å². The zero-order valence-electron chi connectivity index (χ0n) is 22.8. The van der Waals surface area contributed by atoms with Crippen LogP contribution in [0.15, 0.2) is 54.6 Å². The number of benzene rings is 2. The van der Waals surface area contributed by atoms with E-state index < -0.39 is 0 Å². The molecule has 2 aliphatic rings. The molecule has 4 heterocycles. The van der Waals surface area contributed by atoms with Gasteiger partial charge in [-0.25, -0.2) is 9.78 Å². The van der Waals surface area contributed by atoms with Crippen LogP contribution in [0, 0.1) is 13.8 Å². The molecule has 1 N–H and O–H groups in total. The fourth-order valence-electron chi connectivity index (χ4n) is 5.75. The van der Waals surface area contributed by atoms with Gasteiger partial charge in [-0.05, 0) is 60.7 Å². The van der Waals surface area contributed by atoms with Crippen LogP contribution in [0.3, 0.4) is 0 Å². The fourth-order valence-corrected chi connectivity index (χ4v) is 7.50. The number of anilines is 1. The molecule has 0 spiro atoms. The molecule has 39 heavy (non-hydrogen) atoms. The Kier molecular flexibility index (Phi) is 8.21. The van der Waals surface area contributed by atoms with Crippen LogP contribution in [0.4, 0.5) is 5.82 Å². The van der Waals surface area contributed by atoms with Gasteiger partial charge in [-0.2, -0.15) is 0 Å². The van der Waals surface area contributed by atoms with Gasteiger partial charge in [0, 0.05) is 43.8 Å². The summed E-state index contributed by atoms with van der Waals surface area (Å²) in [6, 6.07) is 19.0. The van der Waals surface area contributed by atoms with Gasteiger partial charge in [0.15, 0.2) is 11.5 Å². The number of aromatic nitrogens is 2. The maximum atomic E-state index is 13.7. The number of ether oxygens (including phenoxy) is 1. The van der Waals surface area contributed by atoms with Crippen LogP contribution in [0.25, 0.3) is 10.9 Å². The van der Waals surface area contributed by atoms with Crippen LogP contribution < -0.4 is 15.0 Å². The number of aryl methyl sites for hydroxylation is 1. The van der Waals surface area contributed by atoms with Crippen molar-refractivity contribution in [3.63, 3.8) is 0 Å². The number of hydrogen-bond donors (Lipinski definition) is 1. The number of carbonyl (C=O) groups excluding carboxylic acids is 1. The quantitative estimate of drug-likeness (QED) is 0.344. The van der Waals surface area contributed by atoms with Crippen LogP contribution in [-0.4, -0.2) is 52.9 Å². The normalized spacial score (nSPS) is 15.6. The summed E-state index contributed by atoms with van der Waals surface area (Å²) >= 11 is 0. The lowest BCUT2D eigenvalue weighted by atomic mass is 10.00. The molecule has 6 rings (SSSR count). The molecule has 204 valence electrons.